The maximum Gasteiger partial charge on any atom is 0.227 e. The van der Waals surface area contributed by atoms with E-state index in [0.717, 1.165) is 11.3 Å². The second-order valence-corrected chi connectivity index (χ2v) is 4.40. The van der Waals surface area contributed by atoms with Crippen LogP contribution in [0.4, 0.5) is 5.69 Å². The molecular weight excluding hydrogens is 252 g/mol. The van der Waals surface area contributed by atoms with Crippen LogP contribution in [0.3, 0.4) is 0 Å². The minimum absolute atomic E-state index is 0.0270. The number of hydrogen-bond acceptors (Lipinski definition) is 3. The molecule has 0 saturated heterocycles. The molecule has 0 aliphatic carbocycles. The van der Waals surface area contributed by atoms with Crippen molar-refractivity contribution < 1.29 is 9.53 Å². The molecule has 5 heteroatoms. The highest BCUT2D eigenvalue weighted by Gasteiger charge is 2.15. The molecule has 0 saturated carbocycles. The Morgan fingerprint density at radius 1 is 1.50 bits per heavy atom. The average molecular weight is 271 g/mol. The van der Waals surface area contributed by atoms with Crippen LogP contribution >= 0.6 is 11.6 Å². The molecule has 1 aromatic carbocycles. The molecule has 0 fully saturated rings. The summed E-state index contributed by atoms with van der Waals surface area (Å²) in [6.07, 6.45) is 0.320. The zero-order valence-electron chi connectivity index (χ0n) is 11.0. The van der Waals surface area contributed by atoms with Crippen LogP contribution in [0.5, 0.6) is 5.75 Å². The van der Waals surface area contributed by atoms with Gasteiger partial charge in [-0.05, 0) is 31.5 Å². The minimum Gasteiger partial charge on any atom is -0.492 e. The molecule has 0 aliphatic heterocycles. The predicted molar refractivity (Wildman–Crippen MR) is 74.4 cm³/mol. The van der Waals surface area contributed by atoms with Gasteiger partial charge in [-0.2, -0.15) is 0 Å². The predicted octanol–water partition coefficient (Wildman–Crippen LogP) is 2.36. The molecule has 0 aliphatic rings. The van der Waals surface area contributed by atoms with Gasteiger partial charge in [0.25, 0.3) is 0 Å². The molecule has 0 aromatic heterocycles. The van der Waals surface area contributed by atoms with Crippen molar-refractivity contribution in [3.63, 3.8) is 0 Å². The van der Waals surface area contributed by atoms with Gasteiger partial charge in [-0.15, -0.1) is 0 Å². The standard InChI is InChI=1S/C13H19ClN2O2/c1-4-18-12-7-9(2)11(8-10(12)14)16(3)13(17)5-6-15/h7-8H,4-6,15H2,1-3H3. The first kappa shape index (κ1) is 14.8. The van der Waals surface area contributed by atoms with Crippen molar-refractivity contribution in [2.24, 2.45) is 5.73 Å². The smallest absolute Gasteiger partial charge is 0.227 e. The summed E-state index contributed by atoms with van der Waals surface area (Å²) in [7, 11) is 1.72. The Bertz CT molecular complexity index is 435. The van der Waals surface area contributed by atoms with Crippen molar-refractivity contribution in [3.05, 3.63) is 22.7 Å². The molecule has 1 amide bonds. The van der Waals surface area contributed by atoms with Gasteiger partial charge < -0.3 is 15.4 Å². The fraction of sp³-hybridized carbons (Fsp3) is 0.462. The van der Waals surface area contributed by atoms with Crippen molar-refractivity contribution in [2.75, 3.05) is 25.1 Å². The van der Waals surface area contributed by atoms with Crippen LogP contribution in [-0.4, -0.2) is 26.1 Å². The fourth-order valence-electron chi connectivity index (χ4n) is 1.70. The zero-order chi connectivity index (χ0) is 13.7. The molecule has 1 rings (SSSR count). The van der Waals surface area contributed by atoms with Crippen molar-refractivity contribution >= 4 is 23.2 Å². The van der Waals surface area contributed by atoms with Crippen LogP contribution in [0.25, 0.3) is 0 Å². The molecule has 2 N–H and O–H groups in total. The number of anilines is 1. The number of benzene rings is 1. The molecule has 0 unspecified atom stereocenters. The number of rotatable bonds is 5. The lowest BCUT2D eigenvalue weighted by Gasteiger charge is -2.20. The Morgan fingerprint density at radius 2 is 2.17 bits per heavy atom. The van der Waals surface area contributed by atoms with Crippen molar-refractivity contribution in [2.45, 2.75) is 20.3 Å². The van der Waals surface area contributed by atoms with E-state index >= 15 is 0 Å². The Balaban J connectivity index is 3.03. The summed E-state index contributed by atoms with van der Waals surface area (Å²) >= 11 is 6.12. The first-order valence-electron chi connectivity index (χ1n) is 5.90. The van der Waals surface area contributed by atoms with E-state index in [9.17, 15) is 4.79 Å². The van der Waals surface area contributed by atoms with Crippen LogP contribution < -0.4 is 15.4 Å². The first-order valence-corrected chi connectivity index (χ1v) is 6.28. The SMILES string of the molecule is CCOc1cc(C)c(N(C)C(=O)CCN)cc1Cl. The number of carbonyl (C=O) groups is 1. The van der Waals surface area contributed by atoms with E-state index in [-0.39, 0.29) is 5.91 Å². The Kier molecular flexibility index (Phi) is 5.44. The summed E-state index contributed by atoms with van der Waals surface area (Å²) in [6.45, 7) is 4.71. The number of carbonyl (C=O) groups excluding carboxylic acids is 1. The molecule has 1 aromatic rings. The Labute approximate surface area is 113 Å². The summed E-state index contributed by atoms with van der Waals surface area (Å²) < 4.78 is 5.40. The summed E-state index contributed by atoms with van der Waals surface area (Å²) in [4.78, 5) is 13.4. The van der Waals surface area contributed by atoms with Gasteiger partial charge in [0.05, 0.1) is 11.6 Å². The van der Waals surface area contributed by atoms with Crippen LogP contribution in [-0.2, 0) is 4.79 Å². The van der Waals surface area contributed by atoms with Gasteiger partial charge in [0.1, 0.15) is 5.75 Å². The highest BCUT2D eigenvalue weighted by molar-refractivity contribution is 6.32. The molecular formula is C13H19ClN2O2. The van der Waals surface area contributed by atoms with E-state index < -0.39 is 0 Å². The average Bonchev–Trinajstić information content (AvgIpc) is 2.33. The van der Waals surface area contributed by atoms with E-state index in [1.807, 2.05) is 19.9 Å². The summed E-state index contributed by atoms with van der Waals surface area (Å²) in [5.74, 6) is 0.612. The molecule has 0 heterocycles. The zero-order valence-corrected chi connectivity index (χ0v) is 11.8. The minimum atomic E-state index is -0.0270. The van der Waals surface area contributed by atoms with Gasteiger partial charge in [0.15, 0.2) is 0 Å². The third-order valence-electron chi connectivity index (χ3n) is 2.64. The molecule has 0 spiro atoms. The van der Waals surface area contributed by atoms with Crippen molar-refractivity contribution in [1.29, 1.82) is 0 Å². The van der Waals surface area contributed by atoms with E-state index in [0.29, 0.717) is 30.3 Å². The quantitative estimate of drug-likeness (QED) is 0.894. The lowest BCUT2D eigenvalue weighted by molar-refractivity contribution is -0.118. The van der Waals surface area contributed by atoms with Gasteiger partial charge in [-0.3, -0.25) is 4.79 Å². The molecule has 18 heavy (non-hydrogen) atoms. The van der Waals surface area contributed by atoms with Crippen LogP contribution in [0.2, 0.25) is 5.02 Å². The second-order valence-electron chi connectivity index (χ2n) is 3.99. The number of hydrogen-bond donors (Lipinski definition) is 1. The van der Waals surface area contributed by atoms with E-state index in [2.05, 4.69) is 0 Å². The number of aryl methyl sites for hydroxylation is 1. The first-order chi connectivity index (χ1) is 8.51. The Morgan fingerprint density at radius 3 is 2.72 bits per heavy atom. The van der Waals surface area contributed by atoms with E-state index in [1.165, 1.54) is 0 Å². The summed E-state index contributed by atoms with van der Waals surface area (Å²) in [5.41, 5.74) is 7.10. The number of amides is 1. The maximum atomic E-state index is 11.8. The number of halogens is 1. The van der Waals surface area contributed by atoms with Gasteiger partial charge in [0.2, 0.25) is 5.91 Å². The van der Waals surface area contributed by atoms with Crippen molar-refractivity contribution in [1.82, 2.24) is 0 Å². The molecule has 0 atom stereocenters. The molecule has 4 nitrogen and oxygen atoms in total. The Hall–Kier alpha value is -1.26. The molecule has 100 valence electrons. The number of nitrogens with two attached hydrogens (primary N) is 1. The lowest BCUT2D eigenvalue weighted by Crippen LogP contribution is -2.28. The fourth-order valence-corrected chi connectivity index (χ4v) is 1.91. The molecule has 0 radical (unpaired) electrons. The number of ether oxygens (including phenoxy) is 1. The van der Waals surface area contributed by atoms with Crippen LogP contribution in [0.15, 0.2) is 12.1 Å². The topological polar surface area (TPSA) is 55.6 Å². The maximum absolute atomic E-state index is 11.8. The third kappa shape index (κ3) is 3.37. The van der Waals surface area contributed by atoms with Gasteiger partial charge in [0, 0.05) is 25.7 Å². The largest absolute Gasteiger partial charge is 0.492 e. The van der Waals surface area contributed by atoms with Crippen LogP contribution in [0.1, 0.15) is 18.9 Å². The van der Waals surface area contributed by atoms with Crippen molar-refractivity contribution in [3.8, 4) is 5.75 Å². The van der Waals surface area contributed by atoms with Gasteiger partial charge >= 0.3 is 0 Å². The summed E-state index contributed by atoms with van der Waals surface area (Å²) in [5, 5.41) is 0.504. The highest BCUT2D eigenvalue weighted by atomic mass is 35.5. The second kappa shape index (κ2) is 6.61. The van der Waals surface area contributed by atoms with Gasteiger partial charge in [-0.1, -0.05) is 11.6 Å². The normalized spacial score (nSPS) is 10.3. The lowest BCUT2D eigenvalue weighted by atomic mass is 10.1. The summed E-state index contributed by atoms with van der Waals surface area (Å²) in [6, 6.07) is 3.59. The molecule has 0 bridgehead atoms. The van der Waals surface area contributed by atoms with Crippen LogP contribution in [0, 0.1) is 6.92 Å². The third-order valence-corrected chi connectivity index (χ3v) is 2.94. The van der Waals surface area contributed by atoms with E-state index in [4.69, 9.17) is 22.1 Å². The highest BCUT2D eigenvalue weighted by Crippen LogP contribution is 2.32. The number of nitrogens with zero attached hydrogens (tertiary/aromatic N) is 1. The van der Waals surface area contributed by atoms with E-state index in [1.54, 1.807) is 18.0 Å². The monoisotopic (exact) mass is 270 g/mol. The van der Waals surface area contributed by atoms with Gasteiger partial charge in [-0.25, -0.2) is 0 Å².